The van der Waals surface area contributed by atoms with E-state index in [1.807, 2.05) is 36.4 Å². The van der Waals surface area contributed by atoms with Gasteiger partial charge in [0.2, 0.25) is 0 Å². The summed E-state index contributed by atoms with van der Waals surface area (Å²) in [6.45, 7) is 4.19. The first-order chi connectivity index (χ1) is 13.2. The number of thioether (sulfide) groups is 1. The molecule has 0 aliphatic heterocycles. The highest BCUT2D eigenvalue weighted by Crippen LogP contribution is 2.44. The Hall–Kier alpha value is -2.49. The third-order valence-electron chi connectivity index (χ3n) is 3.93. The van der Waals surface area contributed by atoms with Crippen molar-refractivity contribution in [1.29, 1.82) is 0 Å². The van der Waals surface area contributed by atoms with Crippen molar-refractivity contribution in [1.82, 2.24) is 0 Å². The maximum atomic E-state index is 10.3. The SMILES string of the molecule is CCCC#CC(SC(C#CCCC)c1ccccc1O)c1ccccc1O. The van der Waals surface area contributed by atoms with Crippen LogP contribution >= 0.6 is 11.8 Å². The van der Waals surface area contributed by atoms with Crippen LogP contribution in [0.4, 0.5) is 0 Å². The lowest BCUT2D eigenvalue weighted by Crippen LogP contribution is -1.99. The standard InChI is InChI=1S/C24H26O2S/c1-3-5-7-17-23(19-13-9-11-15-21(19)25)27-24(18-8-6-4-2)20-14-10-12-16-22(20)26/h9-16,23-26H,3-6H2,1-2H3. The number of rotatable bonds is 6. The molecule has 2 rings (SSSR count). The number of para-hydroxylation sites is 2. The van der Waals surface area contributed by atoms with Gasteiger partial charge in [0.1, 0.15) is 11.5 Å². The zero-order chi connectivity index (χ0) is 19.5. The maximum absolute atomic E-state index is 10.3. The van der Waals surface area contributed by atoms with Gasteiger partial charge in [0.15, 0.2) is 0 Å². The molecule has 2 N–H and O–H groups in total. The minimum atomic E-state index is -0.224. The Kier molecular flexibility index (Phi) is 8.69. The Morgan fingerprint density at radius 2 is 1.15 bits per heavy atom. The highest BCUT2D eigenvalue weighted by Gasteiger charge is 2.21. The number of phenols is 2. The number of aromatic hydroxyl groups is 2. The summed E-state index contributed by atoms with van der Waals surface area (Å²) < 4.78 is 0. The quantitative estimate of drug-likeness (QED) is 0.586. The molecule has 0 spiro atoms. The summed E-state index contributed by atoms with van der Waals surface area (Å²) in [5, 5.41) is 20.2. The van der Waals surface area contributed by atoms with Crippen molar-refractivity contribution in [3.63, 3.8) is 0 Å². The van der Waals surface area contributed by atoms with Gasteiger partial charge in [-0.3, -0.25) is 0 Å². The minimum Gasteiger partial charge on any atom is -0.508 e. The predicted molar refractivity (Wildman–Crippen MR) is 115 cm³/mol. The lowest BCUT2D eigenvalue weighted by Gasteiger charge is -2.18. The van der Waals surface area contributed by atoms with Crippen molar-refractivity contribution in [3.8, 4) is 35.2 Å². The summed E-state index contributed by atoms with van der Waals surface area (Å²) in [6.07, 6.45) is 3.61. The average molecular weight is 379 g/mol. The third-order valence-corrected chi connectivity index (χ3v) is 5.21. The summed E-state index contributed by atoms with van der Waals surface area (Å²) in [4.78, 5) is 0. The number of hydrogen-bond donors (Lipinski definition) is 2. The van der Waals surface area contributed by atoms with Crippen LogP contribution in [-0.2, 0) is 0 Å². The molecule has 3 heteroatoms. The van der Waals surface area contributed by atoms with Gasteiger partial charge in [-0.1, -0.05) is 62.1 Å². The topological polar surface area (TPSA) is 40.5 Å². The van der Waals surface area contributed by atoms with Gasteiger partial charge < -0.3 is 10.2 Å². The first kappa shape index (κ1) is 20.8. The Morgan fingerprint density at radius 1 is 0.741 bits per heavy atom. The van der Waals surface area contributed by atoms with Crippen LogP contribution in [0.1, 0.15) is 61.2 Å². The van der Waals surface area contributed by atoms with Crippen molar-refractivity contribution >= 4 is 11.8 Å². The van der Waals surface area contributed by atoms with E-state index in [1.165, 1.54) is 0 Å². The number of unbranched alkanes of at least 4 members (excludes halogenated alkanes) is 2. The molecule has 2 aromatic rings. The highest BCUT2D eigenvalue weighted by atomic mass is 32.2. The summed E-state index contributed by atoms with van der Waals surface area (Å²) in [6, 6.07) is 14.6. The smallest absolute Gasteiger partial charge is 0.120 e. The monoisotopic (exact) mass is 378 g/mol. The van der Waals surface area contributed by atoms with Crippen LogP contribution in [0.5, 0.6) is 11.5 Å². The zero-order valence-corrected chi connectivity index (χ0v) is 16.7. The van der Waals surface area contributed by atoms with Gasteiger partial charge in [-0.15, -0.1) is 23.6 Å². The van der Waals surface area contributed by atoms with E-state index in [1.54, 1.807) is 23.9 Å². The van der Waals surface area contributed by atoms with Crippen molar-refractivity contribution < 1.29 is 10.2 Å². The molecule has 2 atom stereocenters. The molecular weight excluding hydrogens is 352 g/mol. The molecule has 27 heavy (non-hydrogen) atoms. The summed E-state index contributed by atoms with van der Waals surface area (Å²) in [5.41, 5.74) is 1.56. The van der Waals surface area contributed by atoms with Gasteiger partial charge in [-0.2, -0.15) is 0 Å². The van der Waals surface area contributed by atoms with Crippen LogP contribution in [0.2, 0.25) is 0 Å². The lowest BCUT2D eigenvalue weighted by atomic mass is 10.1. The fourth-order valence-electron chi connectivity index (χ4n) is 2.50. The largest absolute Gasteiger partial charge is 0.508 e. The average Bonchev–Trinajstić information content (AvgIpc) is 2.67. The van der Waals surface area contributed by atoms with Crippen molar-refractivity contribution in [2.45, 2.75) is 50.0 Å². The van der Waals surface area contributed by atoms with E-state index in [4.69, 9.17) is 0 Å². The Balaban J connectivity index is 2.40. The molecule has 0 aliphatic rings. The van der Waals surface area contributed by atoms with Crippen LogP contribution < -0.4 is 0 Å². The van der Waals surface area contributed by atoms with E-state index < -0.39 is 0 Å². The first-order valence-electron chi connectivity index (χ1n) is 9.35. The fourth-order valence-corrected chi connectivity index (χ4v) is 3.77. The minimum absolute atomic E-state index is 0.224. The predicted octanol–water partition coefficient (Wildman–Crippen LogP) is 6.22. The van der Waals surface area contributed by atoms with Crippen molar-refractivity contribution in [2.24, 2.45) is 0 Å². The molecule has 0 radical (unpaired) electrons. The maximum Gasteiger partial charge on any atom is 0.120 e. The Morgan fingerprint density at radius 3 is 1.52 bits per heavy atom. The highest BCUT2D eigenvalue weighted by molar-refractivity contribution is 8.00. The van der Waals surface area contributed by atoms with Crippen LogP contribution in [0.25, 0.3) is 0 Å². The van der Waals surface area contributed by atoms with Crippen LogP contribution in [-0.4, -0.2) is 10.2 Å². The van der Waals surface area contributed by atoms with Crippen molar-refractivity contribution in [3.05, 3.63) is 59.7 Å². The molecule has 2 aromatic carbocycles. The molecule has 0 saturated heterocycles. The second kappa shape index (κ2) is 11.3. The van der Waals surface area contributed by atoms with Gasteiger partial charge in [0.05, 0.1) is 10.5 Å². The fraction of sp³-hybridized carbons (Fsp3) is 0.333. The molecule has 2 nitrogen and oxygen atoms in total. The van der Waals surface area contributed by atoms with E-state index >= 15 is 0 Å². The van der Waals surface area contributed by atoms with E-state index in [-0.39, 0.29) is 22.0 Å². The second-order valence-electron chi connectivity index (χ2n) is 6.16. The summed E-state index contributed by atoms with van der Waals surface area (Å²) in [5.74, 6) is 13.5. The van der Waals surface area contributed by atoms with Gasteiger partial charge in [0, 0.05) is 24.0 Å². The van der Waals surface area contributed by atoms with E-state index in [0.29, 0.717) is 0 Å². The van der Waals surface area contributed by atoms with Crippen LogP contribution in [0, 0.1) is 23.7 Å². The molecule has 0 bridgehead atoms. The molecule has 2 unspecified atom stereocenters. The number of phenolic OH excluding ortho intramolecular Hbond substituents is 2. The normalized spacial score (nSPS) is 12.2. The molecule has 0 aliphatic carbocycles. The molecule has 0 amide bonds. The number of benzene rings is 2. The molecule has 0 fully saturated rings. The van der Waals surface area contributed by atoms with Crippen LogP contribution in [0.3, 0.4) is 0 Å². The van der Waals surface area contributed by atoms with Crippen molar-refractivity contribution in [2.75, 3.05) is 0 Å². The molecule has 0 heterocycles. The van der Waals surface area contributed by atoms with Gasteiger partial charge in [-0.25, -0.2) is 0 Å². The first-order valence-corrected chi connectivity index (χ1v) is 10.3. The van der Waals surface area contributed by atoms with E-state index in [0.717, 1.165) is 36.8 Å². The molecule has 0 aromatic heterocycles. The summed E-state index contributed by atoms with van der Waals surface area (Å²) in [7, 11) is 0. The van der Waals surface area contributed by atoms with E-state index in [2.05, 4.69) is 37.5 Å². The Labute approximate surface area is 167 Å². The summed E-state index contributed by atoms with van der Waals surface area (Å²) >= 11 is 1.56. The molecule has 140 valence electrons. The van der Waals surface area contributed by atoms with Gasteiger partial charge in [0.25, 0.3) is 0 Å². The number of hydrogen-bond acceptors (Lipinski definition) is 3. The van der Waals surface area contributed by atoms with Crippen LogP contribution in [0.15, 0.2) is 48.5 Å². The van der Waals surface area contributed by atoms with Gasteiger partial charge in [-0.05, 0) is 25.0 Å². The molecule has 0 saturated carbocycles. The third kappa shape index (κ3) is 6.31. The van der Waals surface area contributed by atoms with E-state index in [9.17, 15) is 10.2 Å². The van der Waals surface area contributed by atoms with Gasteiger partial charge >= 0.3 is 0 Å². The Bertz CT molecular complexity index is 780. The lowest BCUT2D eigenvalue weighted by molar-refractivity contribution is 0.469. The second-order valence-corrected chi connectivity index (χ2v) is 7.37. The zero-order valence-electron chi connectivity index (χ0n) is 15.9. The molecular formula is C24H26O2S.